The van der Waals surface area contributed by atoms with Crippen molar-refractivity contribution in [2.75, 3.05) is 6.54 Å². The Kier molecular flexibility index (Phi) is 3.62. The van der Waals surface area contributed by atoms with Crippen molar-refractivity contribution in [1.29, 1.82) is 0 Å². The van der Waals surface area contributed by atoms with Crippen LogP contribution in [0.1, 0.15) is 30.4 Å². The first kappa shape index (κ1) is 10.8. The third-order valence-corrected chi connectivity index (χ3v) is 2.94. The average molecular weight is 213 g/mol. The molecule has 0 aliphatic heterocycles. The maximum atomic E-state index is 8.20. The van der Waals surface area contributed by atoms with Crippen LogP contribution in [0.3, 0.4) is 0 Å². The Morgan fingerprint density at radius 1 is 1.31 bits per heavy atom. The lowest BCUT2D eigenvalue weighted by Crippen LogP contribution is -1.99. The summed E-state index contributed by atoms with van der Waals surface area (Å²) in [4.78, 5) is 2.77. The topological polar surface area (TPSA) is 48.8 Å². The lowest BCUT2D eigenvalue weighted by molar-refractivity contribution is 0.845. The van der Waals surface area contributed by atoms with Crippen LogP contribution in [0.2, 0.25) is 0 Å². The zero-order chi connectivity index (χ0) is 11.2. The monoisotopic (exact) mass is 213 g/mol. The van der Waals surface area contributed by atoms with Gasteiger partial charge in [0.05, 0.1) is 0 Å². The summed E-state index contributed by atoms with van der Waals surface area (Å²) in [6.07, 6.45) is 6.54. The molecule has 0 bridgehead atoms. The van der Waals surface area contributed by atoms with Crippen LogP contribution in [0, 0.1) is 0 Å². The molecular weight excluding hydrogens is 198 g/mol. The lowest BCUT2D eigenvalue weighted by Gasteiger charge is -2.17. The minimum absolute atomic E-state index is 0.593. The molecule has 0 aromatic heterocycles. The van der Waals surface area contributed by atoms with E-state index in [0.29, 0.717) is 6.54 Å². The van der Waals surface area contributed by atoms with Crippen molar-refractivity contribution < 1.29 is 0 Å². The number of azide groups is 1. The number of allylic oxidation sites excluding steroid dienone is 2. The lowest BCUT2D eigenvalue weighted by atomic mass is 9.88. The summed E-state index contributed by atoms with van der Waals surface area (Å²) < 4.78 is 0. The molecule has 82 valence electrons. The summed E-state index contributed by atoms with van der Waals surface area (Å²) in [5, 5.41) is 3.57. The minimum atomic E-state index is 0.593. The second-order valence-corrected chi connectivity index (χ2v) is 3.98. The van der Waals surface area contributed by atoms with Crippen molar-refractivity contribution in [2.24, 2.45) is 5.11 Å². The van der Waals surface area contributed by atoms with Gasteiger partial charge in [0.25, 0.3) is 0 Å². The van der Waals surface area contributed by atoms with E-state index in [1.807, 2.05) is 0 Å². The van der Waals surface area contributed by atoms with Gasteiger partial charge in [-0.05, 0) is 47.9 Å². The molecule has 0 spiro atoms. The van der Waals surface area contributed by atoms with E-state index >= 15 is 0 Å². The number of hydrogen-bond donors (Lipinski definition) is 0. The highest BCUT2D eigenvalue weighted by atomic mass is 15.1. The molecule has 1 aromatic rings. The van der Waals surface area contributed by atoms with Crippen molar-refractivity contribution in [3.8, 4) is 0 Å². The Morgan fingerprint density at radius 2 is 2.19 bits per heavy atom. The van der Waals surface area contributed by atoms with Crippen LogP contribution in [-0.2, 0) is 6.42 Å². The zero-order valence-corrected chi connectivity index (χ0v) is 9.26. The first-order chi connectivity index (χ1) is 7.92. The van der Waals surface area contributed by atoms with Crippen LogP contribution in [0.5, 0.6) is 0 Å². The van der Waals surface area contributed by atoms with Crippen molar-refractivity contribution >= 4 is 5.57 Å². The fourth-order valence-electron chi connectivity index (χ4n) is 2.19. The first-order valence-corrected chi connectivity index (χ1v) is 5.70. The Bertz CT molecular complexity index is 442. The molecule has 3 nitrogen and oxygen atoms in total. The molecule has 0 unspecified atom stereocenters. The molecule has 0 N–H and O–H groups in total. The summed E-state index contributed by atoms with van der Waals surface area (Å²) in [6.45, 7) is 0.593. The fourth-order valence-corrected chi connectivity index (χ4v) is 2.19. The summed E-state index contributed by atoms with van der Waals surface area (Å²) >= 11 is 0. The Hall–Kier alpha value is -1.73. The van der Waals surface area contributed by atoms with Gasteiger partial charge in [-0.25, -0.2) is 0 Å². The second-order valence-electron chi connectivity index (χ2n) is 3.98. The predicted octanol–water partition coefficient (Wildman–Crippen LogP) is 4.11. The number of rotatable bonds is 4. The molecule has 1 aliphatic carbocycles. The summed E-state index contributed by atoms with van der Waals surface area (Å²) in [5.74, 6) is 0. The van der Waals surface area contributed by atoms with E-state index in [1.165, 1.54) is 16.7 Å². The van der Waals surface area contributed by atoms with Crippen molar-refractivity contribution in [1.82, 2.24) is 0 Å². The molecule has 0 amide bonds. The molecule has 0 radical (unpaired) electrons. The number of hydrogen-bond acceptors (Lipinski definition) is 1. The van der Waals surface area contributed by atoms with Gasteiger partial charge in [-0.1, -0.05) is 35.5 Å². The fraction of sp³-hybridized carbons (Fsp3) is 0.385. The molecule has 16 heavy (non-hydrogen) atoms. The Labute approximate surface area is 95.4 Å². The molecule has 0 heterocycles. The smallest absolute Gasteiger partial charge is 0.0261 e. The zero-order valence-electron chi connectivity index (χ0n) is 9.26. The van der Waals surface area contributed by atoms with Gasteiger partial charge < -0.3 is 0 Å². The third-order valence-electron chi connectivity index (χ3n) is 2.94. The van der Waals surface area contributed by atoms with Gasteiger partial charge in [-0.15, -0.1) is 0 Å². The highest BCUT2D eigenvalue weighted by Gasteiger charge is 2.10. The van der Waals surface area contributed by atoms with E-state index in [9.17, 15) is 0 Å². The van der Waals surface area contributed by atoms with Gasteiger partial charge in [0.2, 0.25) is 0 Å². The van der Waals surface area contributed by atoms with Crippen LogP contribution in [0.4, 0.5) is 0 Å². The van der Waals surface area contributed by atoms with Gasteiger partial charge in [-0.2, -0.15) is 0 Å². The van der Waals surface area contributed by atoms with Gasteiger partial charge in [0, 0.05) is 11.5 Å². The first-order valence-electron chi connectivity index (χ1n) is 5.70. The summed E-state index contributed by atoms with van der Waals surface area (Å²) in [6, 6.07) is 8.58. The van der Waals surface area contributed by atoms with E-state index in [1.54, 1.807) is 0 Å². The van der Waals surface area contributed by atoms with E-state index in [-0.39, 0.29) is 0 Å². The number of aryl methyl sites for hydroxylation is 1. The molecule has 0 saturated heterocycles. The molecular formula is C13H15N3. The summed E-state index contributed by atoms with van der Waals surface area (Å²) in [7, 11) is 0. The number of benzene rings is 1. The molecule has 0 fully saturated rings. The average Bonchev–Trinajstić information content (AvgIpc) is 2.35. The van der Waals surface area contributed by atoms with Crippen molar-refractivity contribution in [2.45, 2.75) is 25.7 Å². The van der Waals surface area contributed by atoms with Gasteiger partial charge in [0.1, 0.15) is 0 Å². The number of fused-ring (bicyclic) bond motifs is 1. The van der Waals surface area contributed by atoms with E-state index < -0.39 is 0 Å². The van der Waals surface area contributed by atoms with E-state index in [4.69, 9.17) is 5.53 Å². The highest BCUT2D eigenvalue weighted by molar-refractivity contribution is 5.70. The molecule has 0 atom stereocenters. The maximum Gasteiger partial charge on any atom is 0.0261 e. The number of nitrogens with zero attached hydrogens (tertiary/aromatic N) is 3. The second kappa shape index (κ2) is 5.38. The largest absolute Gasteiger partial charge is 0.0940 e. The van der Waals surface area contributed by atoms with Crippen LogP contribution in [-0.4, -0.2) is 6.54 Å². The quantitative estimate of drug-likeness (QED) is 0.313. The summed E-state index contributed by atoms with van der Waals surface area (Å²) in [5.41, 5.74) is 12.4. The molecule has 1 aromatic carbocycles. The highest BCUT2D eigenvalue weighted by Crippen LogP contribution is 2.29. The molecule has 3 heteroatoms. The molecule has 0 saturated carbocycles. The van der Waals surface area contributed by atoms with Crippen LogP contribution in [0.25, 0.3) is 16.0 Å². The predicted molar refractivity (Wildman–Crippen MR) is 66.0 cm³/mol. The van der Waals surface area contributed by atoms with Crippen molar-refractivity contribution in [3.05, 3.63) is 51.9 Å². The Morgan fingerprint density at radius 3 is 3.06 bits per heavy atom. The van der Waals surface area contributed by atoms with Gasteiger partial charge in [-0.3, -0.25) is 0 Å². The van der Waals surface area contributed by atoms with Gasteiger partial charge in [0.15, 0.2) is 0 Å². The Balaban J connectivity index is 2.05. The maximum absolute atomic E-state index is 8.20. The van der Waals surface area contributed by atoms with E-state index in [2.05, 4.69) is 40.4 Å². The van der Waals surface area contributed by atoms with Crippen molar-refractivity contribution in [3.63, 3.8) is 0 Å². The molecule has 1 aliphatic rings. The normalized spacial score (nSPS) is 13.6. The SMILES string of the molecule is [N-]=[N+]=NCCCC1=CCCc2ccccc21. The van der Waals surface area contributed by atoms with E-state index in [0.717, 1.165) is 25.7 Å². The van der Waals surface area contributed by atoms with Crippen LogP contribution in [0.15, 0.2) is 35.5 Å². The third kappa shape index (κ3) is 2.44. The van der Waals surface area contributed by atoms with Gasteiger partial charge >= 0.3 is 0 Å². The van der Waals surface area contributed by atoms with Crippen LogP contribution >= 0.6 is 0 Å². The minimum Gasteiger partial charge on any atom is -0.0940 e. The van der Waals surface area contributed by atoms with Crippen LogP contribution < -0.4 is 0 Å². The molecule has 2 rings (SSSR count). The standard InChI is InChI=1S/C13H15N3/c14-16-15-10-4-8-12-7-3-6-11-5-1-2-9-13(11)12/h1-2,5,7,9H,3-4,6,8,10H2.